The third kappa shape index (κ3) is 1.93. The lowest BCUT2D eigenvalue weighted by Gasteiger charge is -2.04. The standard InChI is InChI=1S/C13H10N4O/c18-13(9-4-2-1-3-5-9)14-10-6-7-11-12(8-10)16-17-15-11/h1-8H,(H,14,18)(H,15,16,17). The van der Waals surface area contributed by atoms with Crippen molar-refractivity contribution in [1.82, 2.24) is 15.4 Å². The molecule has 0 aliphatic heterocycles. The lowest BCUT2D eigenvalue weighted by molar-refractivity contribution is 0.102. The van der Waals surface area contributed by atoms with Gasteiger partial charge in [0.05, 0.1) is 0 Å². The summed E-state index contributed by atoms with van der Waals surface area (Å²) >= 11 is 0. The van der Waals surface area contributed by atoms with Crippen molar-refractivity contribution in [2.75, 3.05) is 5.32 Å². The zero-order valence-corrected chi connectivity index (χ0v) is 9.42. The number of carbonyl (C=O) groups excluding carboxylic acids is 1. The van der Waals surface area contributed by atoms with E-state index in [9.17, 15) is 4.79 Å². The van der Waals surface area contributed by atoms with E-state index < -0.39 is 0 Å². The predicted molar refractivity (Wildman–Crippen MR) is 68.3 cm³/mol. The van der Waals surface area contributed by atoms with E-state index in [2.05, 4.69) is 20.7 Å². The van der Waals surface area contributed by atoms with Crippen LogP contribution in [-0.4, -0.2) is 21.3 Å². The second-order valence-electron chi connectivity index (χ2n) is 3.85. The van der Waals surface area contributed by atoms with Crippen molar-refractivity contribution in [1.29, 1.82) is 0 Å². The molecule has 0 spiro atoms. The number of aromatic amines is 1. The lowest BCUT2D eigenvalue weighted by atomic mass is 10.2. The molecule has 5 heteroatoms. The minimum absolute atomic E-state index is 0.140. The Morgan fingerprint density at radius 1 is 1.00 bits per heavy atom. The van der Waals surface area contributed by atoms with Crippen LogP contribution in [0.2, 0.25) is 0 Å². The summed E-state index contributed by atoms with van der Waals surface area (Å²) in [6, 6.07) is 14.4. The Labute approximate surface area is 103 Å². The smallest absolute Gasteiger partial charge is 0.255 e. The van der Waals surface area contributed by atoms with Gasteiger partial charge in [0, 0.05) is 11.3 Å². The van der Waals surface area contributed by atoms with Crippen molar-refractivity contribution < 1.29 is 4.79 Å². The van der Waals surface area contributed by atoms with Crippen LogP contribution in [0.1, 0.15) is 10.4 Å². The molecular weight excluding hydrogens is 228 g/mol. The summed E-state index contributed by atoms with van der Waals surface area (Å²) < 4.78 is 0. The van der Waals surface area contributed by atoms with Crippen LogP contribution in [0, 0.1) is 0 Å². The highest BCUT2D eigenvalue weighted by Gasteiger charge is 2.06. The van der Waals surface area contributed by atoms with E-state index in [4.69, 9.17) is 0 Å². The molecule has 1 aromatic heterocycles. The number of H-pyrrole nitrogens is 1. The van der Waals surface area contributed by atoms with Gasteiger partial charge in [0.15, 0.2) is 0 Å². The SMILES string of the molecule is O=C(Nc1ccc2n[nH]nc2c1)c1ccccc1. The zero-order chi connectivity index (χ0) is 12.4. The zero-order valence-electron chi connectivity index (χ0n) is 9.42. The van der Waals surface area contributed by atoms with Crippen LogP contribution < -0.4 is 5.32 Å². The number of carbonyl (C=O) groups is 1. The number of nitrogens with one attached hydrogen (secondary N) is 2. The number of amides is 1. The number of aromatic nitrogens is 3. The minimum atomic E-state index is -0.140. The molecule has 0 atom stereocenters. The summed E-state index contributed by atoms with van der Waals surface area (Å²) in [6.07, 6.45) is 0. The molecule has 0 radical (unpaired) electrons. The molecular formula is C13H10N4O. The van der Waals surface area contributed by atoms with Crippen LogP contribution in [0.5, 0.6) is 0 Å². The fourth-order valence-corrected chi connectivity index (χ4v) is 1.71. The van der Waals surface area contributed by atoms with Gasteiger partial charge < -0.3 is 5.32 Å². The lowest BCUT2D eigenvalue weighted by Crippen LogP contribution is -2.11. The summed E-state index contributed by atoms with van der Waals surface area (Å²) in [6.45, 7) is 0. The molecule has 1 amide bonds. The number of fused-ring (bicyclic) bond motifs is 1. The molecule has 2 aromatic carbocycles. The van der Waals surface area contributed by atoms with Gasteiger partial charge in [-0.1, -0.05) is 18.2 Å². The van der Waals surface area contributed by atoms with Crippen molar-refractivity contribution >= 4 is 22.6 Å². The third-order valence-electron chi connectivity index (χ3n) is 2.61. The molecule has 5 nitrogen and oxygen atoms in total. The van der Waals surface area contributed by atoms with Gasteiger partial charge >= 0.3 is 0 Å². The highest BCUT2D eigenvalue weighted by molar-refractivity contribution is 6.04. The monoisotopic (exact) mass is 238 g/mol. The van der Waals surface area contributed by atoms with E-state index in [0.717, 1.165) is 11.0 Å². The quantitative estimate of drug-likeness (QED) is 0.719. The summed E-state index contributed by atoms with van der Waals surface area (Å²) in [4.78, 5) is 11.9. The van der Waals surface area contributed by atoms with Crippen molar-refractivity contribution in [2.45, 2.75) is 0 Å². The van der Waals surface area contributed by atoms with E-state index in [0.29, 0.717) is 11.3 Å². The largest absolute Gasteiger partial charge is 0.322 e. The molecule has 18 heavy (non-hydrogen) atoms. The molecule has 3 rings (SSSR count). The van der Waals surface area contributed by atoms with E-state index in [1.54, 1.807) is 30.3 Å². The van der Waals surface area contributed by atoms with Crippen molar-refractivity contribution in [3.8, 4) is 0 Å². The van der Waals surface area contributed by atoms with Crippen molar-refractivity contribution in [2.24, 2.45) is 0 Å². The Bertz CT molecular complexity index is 690. The second-order valence-corrected chi connectivity index (χ2v) is 3.85. The van der Waals surface area contributed by atoms with Gasteiger partial charge in [0.1, 0.15) is 11.0 Å². The molecule has 0 aliphatic carbocycles. The van der Waals surface area contributed by atoms with Gasteiger partial charge in [-0.3, -0.25) is 4.79 Å². The number of benzene rings is 2. The predicted octanol–water partition coefficient (Wildman–Crippen LogP) is 2.21. The molecule has 2 N–H and O–H groups in total. The van der Waals surface area contributed by atoms with Gasteiger partial charge in [-0.05, 0) is 30.3 Å². The average molecular weight is 238 g/mol. The highest BCUT2D eigenvalue weighted by Crippen LogP contribution is 2.15. The summed E-state index contributed by atoms with van der Waals surface area (Å²) in [5.74, 6) is -0.140. The van der Waals surface area contributed by atoms with Crippen LogP contribution in [-0.2, 0) is 0 Å². The molecule has 0 fully saturated rings. The van der Waals surface area contributed by atoms with Crippen LogP contribution in [0.25, 0.3) is 11.0 Å². The Morgan fingerprint density at radius 2 is 1.78 bits per heavy atom. The first-order valence-electron chi connectivity index (χ1n) is 5.50. The molecule has 0 unspecified atom stereocenters. The first kappa shape index (κ1) is 10.5. The molecule has 0 aliphatic rings. The van der Waals surface area contributed by atoms with Crippen molar-refractivity contribution in [3.63, 3.8) is 0 Å². The normalized spacial score (nSPS) is 10.4. The number of hydrogen-bond acceptors (Lipinski definition) is 3. The van der Waals surface area contributed by atoms with Gasteiger partial charge in [0.25, 0.3) is 5.91 Å². The summed E-state index contributed by atoms with van der Waals surface area (Å²) in [7, 11) is 0. The minimum Gasteiger partial charge on any atom is -0.322 e. The maximum absolute atomic E-state index is 11.9. The fourth-order valence-electron chi connectivity index (χ4n) is 1.71. The maximum Gasteiger partial charge on any atom is 0.255 e. The van der Waals surface area contributed by atoms with Gasteiger partial charge in [-0.2, -0.15) is 15.4 Å². The number of nitrogens with zero attached hydrogens (tertiary/aromatic N) is 2. The number of hydrogen-bond donors (Lipinski definition) is 2. The Kier molecular flexibility index (Phi) is 2.49. The topological polar surface area (TPSA) is 70.7 Å². The molecule has 3 aromatic rings. The van der Waals surface area contributed by atoms with Crippen molar-refractivity contribution in [3.05, 3.63) is 54.1 Å². The number of anilines is 1. The second kappa shape index (κ2) is 4.29. The molecule has 0 saturated heterocycles. The van der Waals surface area contributed by atoms with Gasteiger partial charge in [-0.15, -0.1) is 0 Å². The highest BCUT2D eigenvalue weighted by atomic mass is 16.1. The molecule has 88 valence electrons. The summed E-state index contributed by atoms with van der Waals surface area (Å²) in [5.41, 5.74) is 2.82. The third-order valence-corrected chi connectivity index (χ3v) is 2.61. The molecule has 0 bridgehead atoms. The van der Waals surface area contributed by atoms with Crippen LogP contribution in [0.3, 0.4) is 0 Å². The first-order valence-corrected chi connectivity index (χ1v) is 5.50. The van der Waals surface area contributed by atoms with Crippen LogP contribution in [0.15, 0.2) is 48.5 Å². The maximum atomic E-state index is 11.9. The van der Waals surface area contributed by atoms with Crippen LogP contribution in [0.4, 0.5) is 5.69 Å². The van der Waals surface area contributed by atoms with Gasteiger partial charge in [0.2, 0.25) is 0 Å². The van der Waals surface area contributed by atoms with E-state index in [1.807, 2.05) is 18.2 Å². The Morgan fingerprint density at radius 3 is 2.61 bits per heavy atom. The number of rotatable bonds is 2. The van der Waals surface area contributed by atoms with Crippen LogP contribution >= 0.6 is 0 Å². The Balaban J connectivity index is 1.86. The fraction of sp³-hybridized carbons (Fsp3) is 0. The average Bonchev–Trinajstić information content (AvgIpc) is 2.87. The van der Waals surface area contributed by atoms with Gasteiger partial charge in [-0.25, -0.2) is 0 Å². The Hall–Kier alpha value is -2.69. The molecule has 0 saturated carbocycles. The van der Waals surface area contributed by atoms with E-state index >= 15 is 0 Å². The van der Waals surface area contributed by atoms with E-state index in [1.165, 1.54) is 0 Å². The first-order chi connectivity index (χ1) is 8.83. The van der Waals surface area contributed by atoms with E-state index in [-0.39, 0.29) is 5.91 Å². The molecule has 1 heterocycles. The summed E-state index contributed by atoms with van der Waals surface area (Å²) in [5, 5.41) is 13.3.